The van der Waals surface area contributed by atoms with Gasteiger partial charge >= 0.3 is 0 Å². The average molecular weight is 402 g/mol. The monoisotopic (exact) mass is 401 g/mol. The summed E-state index contributed by atoms with van der Waals surface area (Å²) in [7, 11) is 0. The molecule has 0 aliphatic carbocycles. The maximum absolute atomic E-state index is 11.8. The Morgan fingerprint density at radius 1 is 1.15 bits per heavy atom. The second-order valence-corrected chi connectivity index (χ2v) is 5.70. The van der Waals surface area contributed by atoms with Gasteiger partial charge in [0.25, 0.3) is 0 Å². The molecule has 2 aromatic rings. The molecule has 2 amide bonds. The minimum atomic E-state index is -0.355. The number of hydrogen-bond donors (Lipinski definition) is 3. The Morgan fingerprint density at radius 3 is 2.27 bits per heavy atom. The van der Waals surface area contributed by atoms with E-state index < -0.39 is 0 Å². The van der Waals surface area contributed by atoms with Crippen LogP contribution in [0.15, 0.2) is 30.3 Å². The van der Waals surface area contributed by atoms with Gasteiger partial charge < -0.3 is 16.4 Å². The van der Waals surface area contributed by atoms with Crippen LogP contribution in [0.4, 0.5) is 0 Å². The molecule has 0 fully saturated rings. The summed E-state index contributed by atoms with van der Waals surface area (Å²) in [6, 6.07) is 9.69. The lowest BCUT2D eigenvalue weighted by Gasteiger charge is -2.15. The summed E-state index contributed by atoms with van der Waals surface area (Å²) in [5.74, 6) is -0.612. The molecular weight excluding hydrogens is 377 g/mol. The van der Waals surface area contributed by atoms with Crippen molar-refractivity contribution in [2.24, 2.45) is 5.73 Å². The van der Waals surface area contributed by atoms with Crippen LogP contribution in [0.1, 0.15) is 29.9 Å². The lowest BCUT2D eigenvalue weighted by molar-refractivity contribution is -0.125. The molecule has 1 unspecified atom stereocenters. The van der Waals surface area contributed by atoms with Gasteiger partial charge in [0.05, 0.1) is 30.5 Å². The number of carbonyl (C=O) groups excluding carboxylic acids is 2. The molecular formula is C17H25Cl2N5O2. The standard InChI is InChI=1S/C17H23N5O2.2ClH/c1-11-8-12(2)22(21-11)15-6-4-14(5-7-15)13(3)20-17(24)10-19-16(23)9-18;;/h4-8,13H,9-10,18H2,1-3H3,(H,19,23)(H,20,24);2*1H. The minimum Gasteiger partial charge on any atom is -0.348 e. The smallest absolute Gasteiger partial charge is 0.239 e. The van der Waals surface area contributed by atoms with E-state index in [1.807, 2.05) is 55.8 Å². The molecule has 1 aromatic carbocycles. The van der Waals surface area contributed by atoms with Gasteiger partial charge in [-0.05, 0) is 44.5 Å². The third kappa shape index (κ3) is 6.33. The van der Waals surface area contributed by atoms with Crippen molar-refractivity contribution in [3.8, 4) is 5.69 Å². The van der Waals surface area contributed by atoms with Crippen LogP contribution in [0, 0.1) is 13.8 Å². The van der Waals surface area contributed by atoms with Crippen LogP contribution in [0.3, 0.4) is 0 Å². The van der Waals surface area contributed by atoms with Gasteiger partial charge in [-0.15, -0.1) is 24.8 Å². The number of hydrogen-bond acceptors (Lipinski definition) is 4. The van der Waals surface area contributed by atoms with E-state index >= 15 is 0 Å². The molecule has 1 atom stereocenters. The molecule has 1 heterocycles. The number of nitrogens with one attached hydrogen (secondary N) is 2. The van der Waals surface area contributed by atoms with E-state index in [2.05, 4.69) is 15.7 Å². The Labute approximate surface area is 165 Å². The fraction of sp³-hybridized carbons (Fsp3) is 0.353. The van der Waals surface area contributed by atoms with E-state index in [1.165, 1.54) is 0 Å². The maximum Gasteiger partial charge on any atom is 0.239 e. The molecule has 0 spiro atoms. The predicted octanol–water partition coefficient (Wildman–Crippen LogP) is 1.58. The summed E-state index contributed by atoms with van der Waals surface area (Å²) in [4.78, 5) is 22.9. The number of rotatable bonds is 6. The summed E-state index contributed by atoms with van der Waals surface area (Å²) in [6.07, 6.45) is 0. The van der Waals surface area contributed by atoms with Crippen LogP contribution in [-0.4, -0.2) is 34.7 Å². The molecule has 0 aliphatic heterocycles. The van der Waals surface area contributed by atoms with Crippen molar-refractivity contribution in [3.05, 3.63) is 47.3 Å². The second kappa shape index (κ2) is 10.8. The molecule has 4 N–H and O–H groups in total. The third-order valence-electron chi connectivity index (χ3n) is 3.66. The number of benzene rings is 1. The summed E-state index contributed by atoms with van der Waals surface area (Å²) in [5, 5.41) is 9.72. The topological polar surface area (TPSA) is 102 Å². The first kappa shape index (κ1) is 23.9. The number of amides is 2. The van der Waals surface area contributed by atoms with Gasteiger partial charge in [-0.25, -0.2) is 4.68 Å². The molecule has 7 nitrogen and oxygen atoms in total. The minimum absolute atomic E-state index is 0. The zero-order chi connectivity index (χ0) is 17.7. The van der Waals surface area contributed by atoms with Gasteiger partial charge in [0.1, 0.15) is 0 Å². The number of aryl methyl sites for hydroxylation is 2. The van der Waals surface area contributed by atoms with Crippen molar-refractivity contribution < 1.29 is 9.59 Å². The van der Waals surface area contributed by atoms with E-state index in [4.69, 9.17) is 5.73 Å². The number of nitrogens with zero attached hydrogens (tertiary/aromatic N) is 2. The van der Waals surface area contributed by atoms with E-state index in [9.17, 15) is 9.59 Å². The van der Waals surface area contributed by atoms with Crippen LogP contribution in [0.25, 0.3) is 5.69 Å². The van der Waals surface area contributed by atoms with E-state index in [-0.39, 0.29) is 55.8 Å². The maximum atomic E-state index is 11.8. The molecule has 9 heteroatoms. The normalized spacial score (nSPS) is 10.9. The lowest BCUT2D eigenvalue weighted by Crippen LogP contribution is -2.40. The van der Waals surface area contributed by atoms with Gasteiger partial charge in [-0.1, -0.05) is 12.1 Å². The molecule has 26 heavy (non-hydrogen) atoms. The fourth-order valence-corrected chi connectivity index (χ4v) is 2.42. The molecule has 0 saturated carbocycles. The highest BCUT2D eigenvalue weighted by Crippen LogP contribution is 2.17. The Kier molecular flexibility index (Phi) is 9.93. The fourth-order valence-electron chi connectivity index (χ4n) is 2.42. The number of nitrogens with two attached hydrogens (primary N) is 1. The van der Waals surface area contributed by atoms with Gasteiger partial charge in [-0.2, -0.15) is 5.10 Å². The van der Waals surface area contributed by atoms with Gasteiger partial charge in [0, 0.05) is 5.69 Å². The van der Waals surface area contributed by atoms with Gasteiger partial charge in [0.2, 0.25) is 11.8 Å². The van der Waals surface area contributed by atoms with Crippen LogP contribution in [0.5, 0.6) is 0 Å². The van der Waals surface area contributed by atoms with Crippen LogP contribution in [0.2, 0.25) is 0 Å². The molecule has 144 valence electrons. The number of carbonyl (C=O) groups is 2. The summed E-state index contributed by atoms with van der Waals surface area (Å²) >= 11 is 0. The second-order valence-electron chi connectivity index (χ2n) is 5.70. The Morgan fingerprint density at radius 2 is 1.77 bits per heavy atom. The molecule has 2 rings (SSSR count). The highest BCUT2D eigenvalue weighted by Gasteiger charge is 2.11. The zero-order valence-electron chi connectivity index (χ0n) is 15.0. The number of halogens is 2. The largest absolute Gasteiger partial charge is 0.348 e. The van der Waals surface area contributed by atoms with Crippen LogP contribution >= 0.6 is 24.8 Å². The SMILES string of the molecule is Cc1cc(C)n(-c2ccc(C(C)NC(=O)CNC(=O)CN)cc2)n1.Cl.Cl. The lowest BCUT2D eigenvalue weighted by atomic mass is 10.1. The molecule has 0 bridgehead atoms. The highest BCUT2D eigenvalue weighted by atomic mass is 35.5. The van der Waals surface area contributed by atoms with E-state index in [0.29, 0.717) is 0 Å². The summed E-state index contributed by atoms with van der Waals surface area (Å²) < 4.78 is 1.88. The van der Waals surface area contributed by atoms with Crippen molar-refractivity contribution >= 4 is 36.6 Å². The van der Waals surface area contributed by atoms with Crippen LogP contribution in [-0.2, 0) is 9.59 Å². The average Bonchev–Trinajstić information content (AvgIpc) is 2.91. The Balaban J connectivity index is 0.00000312. The highest BCUT2D eigenvalue weighted by molar-refractivity contribution is 5.86. The van der Waals surface area contributed by atoms with Crippen molar-refractivity contribution in [1.29, 1.82) is 0 Å². The van der Waals surface area contributed by atoms with E-state index in [0.717, 1.165) is 22.6 Å². The Hall–Kier alpha value is -2.09. The van der Waals surface area contributed by atoms with Crippen molar-refractivity contribution in [3.63, 3.8) is 0 Å². The summed E-state index contributed by atoms with van der Waals surface area (Å²) in [5.41, 5.74) is 9.15. The van der Waals surface area contributed by atoms with E-state index in [1.54, 1.807) is 0 Å². The first-order chi connectivity index (χ1) is 11.4. The molecule has 1 aromatic heterocycles. The first-order valence-corrected chi connectivity index (χ1v) is 7.80. The summed E-state index contributed by atoms with van der Waals surface area (Å²) in [6.45, 7) is 5.65. The van der Waals surface area contributed by atoms with Crippen molar-refractivity contribution in [1.82, 2.24) is 20.4 Å². The first-order valence-electron chi connectivity index (χ1n) is 7.80. The zero-order valence-corrected chi connectivity index (χ0v) is 16.6. The number of aromatic nitrogens is 2. The molecule has 0 saturated heterocycles. The Bertz CT molecular complexity index is 731. The van der Waals surface area contributed by atoms with Gasteiger partial charge in [-0.3, -0.25) is 9.59 Å². The molecule has 0 aliphatic rings. The van der Waals surface area contributed by atoms with Crippen molar-refractivity contribution in [2.75, 3.05) is 13.1 Å². The van der Waals surface area contributed by atoms with Crippen molar-refractivity contribution in [2.45, 2.75) is 26.8 Å². The van der Waals surface area contributed by atoms with Gasteiger partial charge in [0.15, 0.2) is 0 Å². The molecule has 0 radical (unpaired) electrons. The quantitative estimate of drug-likeness (QED) is 0.683. The van der Waals surface area contributed by atoms with Crippen LogP contribution < -0.4 is 16.4 Å². The predicted molar refractivity (Wildman–Crippen MR) is 106 cm³/mol. The third-order valence-corrected chi connectivity index (χ3v) is 3.66.